The molecule has 0 saturated carbocycles. The van der Waals surface area contributed by atoms with Crippen LogP contribution in [0.2, 0.25) is 0 Å². The Morgan fingerprint density at radius 2 is 1.90 bits per heavy atom. The van der Waals surface area contributed by atoms with Gasteiger partial charge in [0, 0.05) is 19.8 Å². The minimum absolute atomic E-state index is 0.194. The first-order chi connectivity index (χ1) is 9.85. The second kappa shape index (κ2) is 7.10. The van der Waals surface area contributed by atoms with Crippen LogP contribution in [0.15, 0.2) is 29.8 Å². The molecule has 1 rings (SSSR count). The Kier molecular flexibility index (Phi) is 5.49. The van der Waals surface area contributed by atoms with Gasteiger partial charge < -0.3 is 15.4 Å². The zero-order chi connectivity index (χ0) is 16.0. The Bertz CT molecular complexity index is 598. The lowest BCUT2D eigenvalue weighted by Gasteiger charge is -2.12. The molecule has 0 heterocycles. The predicted octanol–water partition coefficient (Wildman–Crippen LogP) is 1.08. The van der Waals surface area contributed by atoms with E-state index in [0.29, 0.717) is 5.56 Å². The van der Waals surface area contributed by atoms with Crippen LogP contribution in [0.3, 0.4) is 0 Å². The van der Waals surface area contributed by atoms with Crippen LogP contribution < -0.4 is 10.6 Å². The molecule has 6 nitrogen and oxygen atoms in total. The molecule has 2 N–H and O–H groups in total. The first-order valence-corrected chi connectivity index (χ1v) is 6.24. The van der Waals surface area contributed by atoms with Gasteiger partial charge in [-0.05, 0) is 30.7 Å². The third-order valence-corrected chi connectivity index (χ3v) is 2.75. The summed E-state index contributed by atoms with van der Waals surface area (Å²) in [5.74, 6) is -1.64. The average Bonchev–Trinajstić information content (AvgIpc) is 2.44. The number of carbonyl (C=O) groups is 2. The number of anilines is 1. The van der Waals surface area contributed by atoms with E-state index in [4.69, 9.17) is 15.7 Å². The van der Waals surface area contributed by atoms with Crippen molar-refractivity contribution in [2.45, 2.75) is 13.0 Å². The summed E-state index contributed by atoms with van der Waals surface area (Å²) in [5.41, 5.74) is 6.48. The van der Waals surface area contributed by atoms with Gasteiger partial charge in [-0.2, -0.15) is 5.26 Å². The molecule has 1 aromatic carbocycles. The summed E-state index contributed by atoms with van der Waals surface area (Å²) < 4.78 is 4.79. The molecular formula is C15H17N3O3. The summed E-state index contributed by atoms with van der Waals surface area (Å²) in [6.07, 6.45) is 0.320. The van der Waals surface area contributed by atoms with E-state index in [-0.39, 0.29) is 5.57 Å². The normalized spacial score (nSPS) is 12.2. The van der Waals surface area contributed by atoms with E-state index in [1.54, 1.807) is 18.2 Å². The van der Waals surface area contributed by atoms with Gasteiger partial charge in [-0.3, -0.25) is 4.79 Å². The summed E-state index contributed by atoms with van der Waals surface area (Å²) in [7, 11) is 3.82. The fourth-order valence-corrected chi connectivity index (χ4v) is 1.45. The van der Waals surface area contributed by atoms with Crippen molar-refractivity contribution in [1.29, 1.82) is 5.26 Å². The van der Waals surface area contributed by atoms with Crippen molar-refractivity contribution in [1.82, 2.24) is 0 Å². The van der Waals surface area contributed by atoms with E-state index >= 15 is 0 Å². The number of nitrogens with zero attached hydrogens (tertiary/aromatic N) is 2. The minimum atomic E-state index is -1.08. The topological polar surface area (TPSA) is 96.4 Å². The Balaban J connectivity index is 2.91. The number of nitrogens with two attached hydrogens (primary N) is 1. The van der Waals surface area contributed by atoms with Gasteiger partial charge in [0.15, 0.2) is 6.10 Å². The molecule has 0 aliphatic heterocycles. The van der Waals surface area contributed by atoms with E-state index in [0.717, 1.165) is 5.69 Å². The Labute approximate surface area is 123 Å². The number of esters is 1. The molecule has 0 aromatic heterocycles. The van der Waals surface area contributed by atoms with Crippen LogP contribution >= 0.6 is 0 Å². The average molecular weight is 287 g/mol. The molecule has 110 valence electrons. The largest absolute Gasteiger partial charge is 0.448 e. The van der Waals surface area contributed by atoms with Gasteiger partial charge in [0.1, 0.15) is 11.6 Å². The van der Waals surface area contributed by atoms with Gasteiger partial charge in [-0.15, -0.1) is 0 Å². The van der Waals surface area contributed by atoms with E-state index in [9.17, 15) is 9.59 Å². The number of benzene rings is 1. The molecule has 6 heteroatoms. The van der Waals surface area contributed by atoms with Gasteiger partial charge in [0.2, 0.25) is 0 Å². The molecular weight excluding hydrogens is 270 g/mol. The van der Waals surface area contributed by atoms with Crippen LogP contribution in [0.4, 0.5) is 5.69 Å². The monoisotopic (exact) mass is 287 g/mol. The molecule has 0 radical (unpaired) electrons. The number of amides is 1. The number of rotatable bonds is 5. The maximum absolute atomic E-state index is 11.7. The SMILES string of the molecule is C[C@H](OC(=O)/C(C#N)=C/c1ccc(N(C)C)cc1)C(N)=O. The Morgan fingerprint density at radius 3 is 2.33 bits per heavy atom. The summed E-state index contributed by atoms with van der Waals surface area (Å²) in [6, 6.07) is 9.03. The molecule has 0 aliphatic rings. The lowest BCUT2D eigenvalue weighted by Crippen LogP contribution is -2.30. The summed E-state index contributed by atoms with van der Waals surface area (Å²) in [6.45, 7) is 1.35. The quantitative estimate of drug-likeness (QED) is 0.496. The second-order valence-corrected chi connectivity index (χ2v) is 4.61. The van der Waals surface area contributed by atoms with Crippen LogP contribution in [0.1, 0.15) is 12.5 Å². The number of nitriles is 1. The van der Waals surface area contributed by atoms with Crippen LogP contribution in [0.5, 0.6) is 0 Å². The lowest BCUT2D eigenvalue weighted by atomic mass is 10.1. The Morgan fingerprint density at radius 1 is 1.33 bits per heavy atom. The highest BCUT2D eigenvalue weighted by atomic mass is 16.5. The summed E-state index contributed by atoms with van der Waals surface area (Å²) >= 11 is 0. The molecule has 0 unspecified atom stereocenters. The van der Waals surface area contributed by atoms with Crippen molar-refractivity contribution in [2.75, 3.05) is 19.0 Å². The van der Waals surface area contributed by atoms with E-state index in [1.807, 2.05) is 31.1 Å². The Hall–Kier alpha value is -2.81. The standard InChI is InChI=1S/C15H17N3O3/c1-10(14(17)19)21-15(20)12(9-16)8-11-4-6-13(7-5-11)18(2)3/h4-8,10H,1-3H3,(H2,17,19)/b12-8+/t10-/m0/s1. The first kappa shape index (κ1) is 16.2. The van der Waals surface area contributed by atoms with Gasteiger partial charge in [-0.1, -0.05) is 12.1 Å². The number of carbonyl (C=O) groups excluding carboxylic acids is 2. The number of hydrogen-bond acceptors (Lipinski definition) is 5. The summed E-state index contributed by atoms with van der Waals surface area (Å²) in [4.78, 5) is 24.5. The third kappa shape index (κ3) is 4.66. The van der Waals surface area contributed by atoms with Gasteiger partial charge >= 0.3 is 5.97 Å². The molecule has 1 amide bonds. The van der Waals surface area contributed by atoms with Crippen LogP contribution in [-0.4, -0.2) is 32.1 Å². The smallest absolute Gasteiger partial charge is 0.349 e. The highest BCUT2D eigenvalue weighted by molar-refractivity contribution is 5.99. The zero-order valence-electron chi connectivity index (χ0n) is 12.2. The number of ether oxygens (including phenoxy) is 1. The van der Waals surface area contributed by atoms with Crippen molar-refractivity contribution >= 4 is 23.6 Å². The molecule has 0 spiro atoms. The molecule has 0 bridgehead atoms. The fourth-order valence-electron chi connectivity index (χ4n) is 1.45. The van der Waals surface area contributed by atoms with Gasteiger partial charge in [-0.25, -0.2) is 4.79 Å². The minimum Gasteiger partial charge on any atom is -0.448 e. The van der Waals surface area contributed by atoms with E-state index in [1.165, 1.54) is 13.0 Å². The predicted molar refractivity (Wildman–Crippen MR) is 79.1 cm³/mol. The molecule has 0 saturated heterocycles. The third-order valence-electron chi connectivity index (χ3n) is 2.75. The van der Waals surface area contributed by atoms with Crippen molar-refractivity contribution in [3.63, 3.8) is 0 Å². The fraction of sp³-hybridized carbons (Fsp3) is 0.267. The van der Waals surface area contributed by atoms with Crippen LogP contribution in [0, 0.1) is 11.3 Å². The van der Waals surface area contributed by atoms with Crippen LogP contribution in [-0.2, 0) is 14.3 Å². The first-order valence-electron chi connectivity index (χ1n) is 6.24. The second-order valence-electron chi connectivity index (χ2n) is 4.61. The molecule has 21 heavy (non-hydrogen) atoms. The highest BCUT2D eigenvalue weighted by Crippen LogP contribution is 2.15. The van der Waals surface area contributed by atoms with Crippen molar-refractivity contribution in [3.05, 3.63) is 35.4 Å². The molecule has 1 atom stereocenters. The number of hydrogen-bond donors (Lipinski definition) is 1. The van der Waals surface area contributed by atoms with Crippen LogP contribution in [0.25, 0.3) is 6.08 Å². The lowest BCUT2D eigenvalue weighted by molar-refractivity contribution is -0.149. The molecule has 0 fully saturated rings. The molecule has 0 aliphatic carbocycles. The number of primary amides is 1. The van der Waals surface area contributed by atoms with Crippen molar-refractivity contribution < 1.29 is 14.3 Å². The zero-order valence-corrected chi connectivity index (χ0v) is 12.2. The van der Waals surface area contributed by atoms with E-state index < -0.39 is 18.0 Å². The maximum Gasteiger partial charge on any atom is 0.349 e. The highest BCUT2D eigenvalue weighted by Gasteiger charge is 2.18. The van der Waals surface area contributed by atoms with Gasteiger partial charge in [0.25, 0.3) is 5.91 Å². The maximum atomic E-state index is 11.7. The van der Waals surface area contributed by atoms with Crippen molar-refractivity contribution in [2.24, 2.45) is 5.73 Å². The van der Waals surface area contributed by atoms with Gasteiger partial charge in [0.05, 0.1) is 0 Å². The molecule has 1 aromatic rings. The summed E-state index contributed by atoms with van der Waals surface area (Å²) in [5, 5.41) is 9.01. The van der Waals surface area contributed by atoms with E-state index in [2.05, 4.69) is 0 Å². The van der Waals surface area contributed by atoms with Crippen molar-refractivity contribution in [3.8, 4) is 6.07 Å².